The first kappa shape index (κ1) is 18.7. The Hall–Kier alpha value is -3.64. The number of ketones is 2. The molecule has 0 aromatic heterocycles. The minimum absolute atomic E-state index is 0.0653. The third-order valence-electron chi connectivity index (χ3n) is 5.12. The SMILES string of the molecule is CN(CCO)c1cc(Nc2ccccc2)c2c(c1N)C(=O)c1ccccc1C2=O. The Bertz CT molecular complexity index is 1110. The van der Waals surface area contributed by atoms with Crippen molar-refractivity contribution in [1.29, 1.82) is 0 Å². The molecule has 0 saturated carbocycles. The first-order chi connectivity index (χ1) is 14.0. The summed E-state index contributed by atoms with van der Waals surface area (Å²) in [6, 6.07) is 18.0. The van der Waals surface area contributed by atoms with Crippen molar-refractivity contribution < 1.29 is 14.7 Å². The molecule has 0 saturated heterocycles. The van der Waals surface area contributed by atoms with Crippen LogP contribution >= 0.6 is 0 Å². The van der Waals surface area contributed by atoms with Crippen molar-refractivity contribution in [2.75, 3.05) is 36.1 Å². The second-order valence-corrected chi connectivity index (χ2v) is 6.95. The molecular weight excluding hydrogens is 366 g/mol. The lowest BCUT2D eigenvalue weighted by atomic mass is 9.81. The Morgan fingerprint density at radius 2 is 1.52 bits per heavy atom. The Morgan fingerprint density at radius 1 is 0.931 bits per heavy atom. The van der Waals surface area contributed by atoms with Crippen molar-refractivity contribution in [2.45, 2.75) is 0 Å². The zero-order chi connectivity index (χ0) is 20.5. The highest BCUT2D eigenvalue weighted by Gasteiger charge is 2.35. The van der Waals surface area contributed by atoms with Gasteiger partial charge in [0.05, 0.1) is 34.8 Å². The molecular formula is C23H21N3O3. The van der Waals surface area contributed by atoms with Gasteiger partial charge in [-0.25, -0.2) is 0 Å². The number of hydrogen-bond donors (Lipinski definition) is 3. The third-order valence-corrected chi connectivity index (χ3v) is 5.12. The number of benzene rings is 3. The molecule has 0 radical (unpaired) electrons. The van der Waals surface area contributed by atoms with E-state index < -0.39 is 0 Å². The number of anilines is 4. The molecule has 1 aliphatic carbocycles. The number of fused-ring (bicyclic) bond motifs is 2. The molecule has 0 unspecified atom stereocenters. The van der Waals surface area contributed by atoms with E-state index in [9.17, 15) is 14.7 Å². The summed E-state index contributed by atoms with van der Waals surface area (Å²) in [5.74, 6) is -0.514. The third kappa shape index (κ3) is 3.13. The van der Waals surface area contributed by atoms with Gasteiger partial charge in [-0.1, -0.05) is 42.5 Å². The summed E-state index contributed by atoms with van der Waals surface area (Å²) < 4.78 is 0. The van der Waals surface area contributed by atoms with Gasteiger partial charge < -0.3 is 21.1 Å². The van der Waals surface area contributed by atoms with Crippen LogP contribution in [0.1, 0.15) is 31.8 Å². The van der Waals surface area contributed by atoms with Crippen molar-refractivity contribution in [3.63, 3.8) is 0 Å². The highest BCUT2D eigenvalue weighted by molar-refractivity contribution is 6.32. The lowest BCUT2D eigenvalue weighted by Gasteiger charge is -2.27. The van der Waals surface area contributed by atoms with E-state index in [2.05, 4.69) is 5.32 Å². The van der Waals surface area contributed by atoms with Crippen LogP contribution in [-0.4, -0.2) is 36.9 Å². The molecule has 0 aliphatic heterocycles. The van der Waals surface area contributed by atoms with Gasteiger partial charge in [-0.2, -0.15) is 0 Å². The molecule has 0 fully saturated rings. The van der Waals surface area contributed by atoms with E-state index in [-0.39, 0.29) is 35.0 Å². The number of likely N-dealkylation sites (N-methyl/N-ethyl adjacent to an activating group) is 1. The number of nitrogens with zero attached hydrogens (tertiary/aromatic N) is 1. The van der Waals surface area contributed by atoms with E-state index in [1.807, 2.05) is 30.3 Å². The maximum atomic E-state index is 13.3. The Labute approximate surface area is 168 Å². The van der Waals surface area contributed by atoms with Gasteiger partial charge in [0.25, 0.3) is 0 Å². The maximum Gasteiger partial charge on any atom is 0.196 e. The zero-order valence-corrected chi connectivity index (χ0v) is 16.0. The molecule has 0 bridgehead atoms. The van der Waals surface area contributed by atoms with E-state index in [0.717, 1.165) is 5.69 Å². The van der Waals surface area contributed by atoms with Gasteiger partial charge in [-0.15, -0.1) is 0 Å². The fourth-order valence-corrected chi connectivity index (χ4v) is 3.67. The smallest absolute Gasteiger partial charge is 0.196 e. The number of aliphatic hydroxyl groups is 1. The van der Waals surface area contributed by atoms with Crippen LogP contribution in [0.4, 0.5) is 22.7 Å². The van der Waals surface area contributed by atoms with Crippen molar-refractivity contribution in [2.24, 2.45) is 0 Å². The average molecular weight is 387 g/mol. The molecule has 0 amide bonds. The van der Waals surface area contributed by atoms with Gasteiger partial charge in [0.15, 0.2) is 11.6 Å². The standard InChI is InChI=1S/C23H21N3O3/c1-26(11-12-27)18-13-17(25-14-7-3-2-4-8-14)19-20(21(18)24)23(29)16-10-6-5-9-15(16)22(19)28/h2-10,13,25,27H,11-12,24H2,1H3. The molecule has 3 aromatic carbocycles. The summed E-state index contributed by atoms with van der Waals surface area (Å²) in [5.41, 5.74) is 9.70. The molecule has 6 heteroatoms. The van der Waals surface area contributed by atoms with E-state index in [4.69, 9.17) is 5.73 Å². The van der Waals surface area contributed by atoms with E-state index >= 15 is 0 Å². The monoisotopic (exact) mass is 387 g/mol. The summed E-state index contributed by atoms with van der Waals surface area (Å²) in [7, 11) is 1.78. The average Bonchev–Trinajstić information content (AvgIpc) is 2.74. The number of aliphatic hydroxyl groups excluding tert-OH is 1. The number of carbonyl (C=O) groups is 2. The molecule has 1 aliphatic rings. The van der Waals surface area contributed by atoms with Gasteiger partial charge in [0.1, 0.15) is 0 Å². The molecule has 0 heterocycles. The minimum atomic E-state index is -0.275. The number of nitrogens with one attached hydrogen (secondary N) is 1. The van der Waals surface area contributed by atoms with Crippen molar-refractivity contribution in [3.05, 3.63) is 82.9 Å². The fourth-order valence-electron chi connectivity index (χ4n) is 3.67. The first-order valence-corrected chi connectivity index (χ1v) is 9.32. The summed E-state index contributed by atoms with van der Waals surface area (Å²) in [6.07, 6.45) is 0. The molecule has 6 nitrogen and oxygen atoms in total. The van der Waals surface area contributed by atoms with Crippen molar-refractivity contribution in [1.82, 2.24) is 0 Å². The van der Waals surface area contributed by atoms with E-state index in [1.165, 1.54) is 0 Å². The van der Waals surface area contributed by atoms with Crippen molar-refractivity contribution in [3.8, 4) is 0 Å². The van der Waals surface area contributed by atoms with Crippen molar-refractivity contribution >= 4 is 34.3 Å². The van der Waals surface area contributed by atoms with Crippen LogP contribution in [0.25, 0.3) is 0 Å². The summed E-state index contributed by atoms with van der Waals surface area (Å²) in [6.45, 7) is 0.274. The van der Waals surface area contributed by atoms with Gasteiger partial charge in [-0.05, 0) is 18.2 Å². The number of rotatable bonds is 5. The normalized spacial score (nSPS) is 12.3. The zero-order valence-electron chi connectivity index (χ0n) is 16.0. The van der Waals surface area contributed by atoms with Crippen LogP contribution in [0, 0.1) is 0 Å². The molecule has 0 spiro atoms. The second-order valence-electron chi connectivity index (χ2n) is 6.95. The highest BCUT2D eigenvalue weighted by Crippen LogP contribution is 2.41. The molecule has 146 valence electrons. The second kappa shape index (κ2) is 7.41. The van der Waals surface area contributed by atoms with Crippen LogP contribution in [0.15, 0.2) is 60.7 Å². The highest BCUT2D eigenvalue weighted by atomic mass is 16.3. The summed E-state index contributed by atoms with van der Waals surface area (Å²) >= 11 is 0. The van der Waals surface area contributed by atoms with Crippen LogP contribution in [0.5, 0.6) is 0 Å². The maximum absolute atomic E-state index is 13.3. The van der Waals surface area contributed by atoms with Crippen LogP contribution in [0.2, 0.25) is 0 Å². The number of nitrogen functional groups attached to an aromatic ring is 1. The molecule has 3 aromatic rings. The van der Waals surface area contributed by atoms with E-state index in [0.29, 0.717) is 29.0 Å². The molecule has 4 rings (SSSR count). The van der Waals surface area contributed by atoms with Gasteiger partial charge in [0, 0.05) is 30.4 Å². The minimum Gasteiger partial charge on any atom is -0.396 e. The van der Waals surface area contributed by atoms with Gasteiger partial charge >= 0.3 is 0 Å². The molecule has 4 N–H and O–H groups in total. The van der Waals surface area contributed by atoms with Crippen LogP contribution < -0.4 is 16.0 Å². The lowest BCUT2D eigenvalue weighted by Crippen LogP contribution is -2.27. The number of para-hydroxylation sites is 1. The molecule has 0 atom stereocenters. The number of hydrogen-bond acceptors (Lipinski definition) is 6. The van der Waals surface area contributed by atoms with Gasteiger partial charge in [0.2, 0.25) is 0 Å². The summed E-state index contributed by atoms with van der Waals surface area (Å²) in [4.78, 5) is 28.4. The number of carbonyl (C=O) groups excluding carboxylic acids is 2. The largest absolute Gasteiger partial charge is 0.396 e. The predicted octanol–water partition coefficient (Wildman–Crippen LogP) is 3.22. The lowest BCUT2D eigenvalue weighted by molar-refractivity contribution is 0.0980. The fraction of sp³-hybridized carbons (Fsp3) is 0.130. The Kier molecular flexibility index (Phi) is 4.78. The predicted molar refractivity (Wildman–Crippen MR) is 114 cm³/mol. The summed E-state index contributed by atoms with van der Waals surface area (Å²) in [5, 5.41) is 12.6. The topological polar surface area (TPSA) is 95.7 Å². The Morgan fingerprint density at radius 3 is 2.14 bits per heavy atom. The first-order valence-electron chi connectivity index (χ1n) is 9.32. The Balaban J connectivity index is 1.96. The van der Waals surface area contributed by atoms with Crippen LogP contribution in [0.3, 0.4) is 0 Å². The van der Waals surface area contributed by atoms with Gasteiger partial charge in [-0.3, -0.25) is 9.59 Å². The van der Waals surface area contributed by atoms with E-state index in [1.54, 1.807) is 42.3 Å². The number of nitrogens with two attached hydrogens (primary N) is 1. The molecule has 29 heavy (non-hydrogen) atoms. The van der Waals surface area contributed by atoms with Crippen LogP contribution in [-0.2, 0) is 0 Å². The quantitative estimate of drug-likeness (QED) is 0.455.